The van der Waals surface area contributed by atoms with Crippen molar-refractivity contribution in [3.8, 4) is 0 Å². The standard InChI is InChI=1S/C15H30N4O4/c1-19(2)14(21)6-5-13(20)18-8-3-9-22-15-7-4-11(17)12(10-16)23-15/h11-12,15H,3-10,16-17H2,1-2H3,(H,18,20). The maximum Gasteiger partial charge on any atom is 0.222 e. The molecule has 8 nitrogen and oxygen atoms in total. The summed E-state index contributed by atoms with van der Waals surface area (Å²) < 4.78 is 11.3. The Balaban J connectivity index is 2.05. The van der Waals surface area contributed by atoms with Crippen LogP contribution in [0.4, 0.5) is 0 Å². The third-order valence-corrected chi connectivity index (χ3v) is 3.78. The Hall–Kier alpha value is -1.22. The summed E-state index contributed by atoms with van der Waals surface area (Å²) in [5.74, 6) is -0.172. The Labute approximate surface area is 137 Å². The zero-order valence-electron chi connectivity index (χ0n) is 14.1. The number of hydrogen-bond acceptors (Lipinski definition) is 6. The van der Waals surface area contributed by atoms with Crippen molar-refractivity contribution in [2.24, 2.45) is 11.5 Å². The minimum absolute atomic E-state index is 0.0241. The monoisotopic (exact) mass is 330 g/mol. The van der Waals surface area contributed by atoms with Gasteiger partial charge in [-0.1, -0.05) is 0 Å². The van der Waals surface area contributed by atoms with Crippen LogP contribution in [-0.2, 0) is 19.1 Å². The van der Waals surface area contributed by atoms with Crippen molar-refractivity contribution in [1.82, 2.24) is 10.2 Å². The van der Waals surface area contributed by atoms with Gasteiger partial charge in [0.1, 0.15) is 0 Å². The van der Waals surface area contributed by atoms with Crippen molar-refractivity contribution in [3.63, 3.8) is 0 Å². The van der Waals surface area contributed by atoms with Crippen LogP contribution in [-0.4, -0.2) is 68.9 Å². The van der Waals surface area contributed by atoms with Gasteiger partial charge >= 0.3 is 0 Å². The molecule has 0 radical (unpaired) electrons. The first-order valence-electron chi connectivity index (χ1n) is 8.13. The summed E-state index contributed by atoms with van der Waals surface area (Å²) in [6.45, 7) is 1.40. The van der Waals surface area contributed by atoms with E-state index < -0.39 is 0 Å². The molecule has 0 aromatic carbocycles. The summed E-state index contributed by atoms with van der Waals surface area (Å²) in [6, 6.07) is -0.0241. The fourth-order valence-electron chi connectivity index (χ4n) is 2.28. The molecule has 0 spiro atoms. The van der Waals surface area contributed by atoms with Gasteiger partial charge in [0, 0.05) is 46.1 Å². The highest BCUT2D eigenvalue weighted by Gasteiger charge is 2.28. The molecule has 1 saturated heterocycles. The summed E-state index contributed by atoms with van der Waals surface area (Å²) in [4.78, 5) is 24.4. The molecule has 1 rings (SSSR count). The Morgan fingerprint density at radius 3 is 2.70 bits per heavy atom. The number of nitrogens with zero attached hydrogens (tertiary/aromatic N) is 1. The molecular formula is C15H30N4O4. The molecule has 1 aliphatic rings. The molecule has 1 heterocycles. The molecule has 1 fully saturated rings. The summed E-state index contributed by atoms with van der Waals surface area (Å²) in [5.41, 5.74) is 11.5. The molecular weight excluding hydrogens is 300 g/mol. The number of carbonyl (C=O) groups is 2. The zero-order valence-corrected chi connectivity index (χ0v) is 14.1. The Bertz CT molecular complexity index is 378. The number of hydrogen-bond donors (Lipinski definition) is 3. The lowest BCUT2D eigenvalue weighted by molar-refractivity contribution is -0.196. The van der Waals surface area contributed by atoms with Crippen LogP contribution in [0, 0.1) is 0 Å². The summed E-state index contributed by atoms with van der Waals surface area (Å²) in [7, 11) is 3.35. The van der Waals surface area contributed by atoms with Crippen molar-refractivity contribution in [2.75, 3.05) is 33.8 Å². The number of nitrogens with one attached hydrogen (secondary N) is 1. The molecule has 3 atom stereocenters. The second kappa shape index (κ2) is 10.5. The molecule has 8 heteroatoms. The van der Waals surface area contributed by atoms with Crippen molar-refractivity contribution in [1.29, 1.82) is 0 Å². The number of rotatable bonds is 9. The van der Waals surface area contributed by atoms with E-state index in [0.717, 1.165) is 12.8 Å². The van der Waals surface area contributed by atoms with Crippen LogP contribution < -0.4 is 16.8 Å². The van der Waals surface area contributed by atoms with Gasteiger partial charge in [-0.3, -0.25) is 9.59 Å². The van der Waals surface area contributed by atoms with E-state index in [-0.39, 0.29) is 43.1 Å². The first-order chi connectivity index (χ1) is 10.9. The lowest BCUT2D eigenvalue weighted by Gasteiger charge is -2.33. The molecule has 23 heavy (non-hydrogen) atoms. The molecule has 0 saturated carbocycles. The van der Waals surface area contributed by atoms with Gasteiger partial charge in [-0.25, -0.2) is 0 Å². The normalized spacial score (nSPS) is 24.3. The minimum Gasteiger partial charge on any atom is -0.356 e. The Morgan fingerprint density at radius 1 is 1.30 bits per heavy atom. The van der Waals surface area contributed by atoms with Gasteiger partial charge in [-0.2, -0.15) is 0 Å². The molecule has 0 aromatic heterocycles. The average Bonchev–Trinajstić information content (AvgIpc) is 2.53. The summed E-state index contributed by atoms with van der Waals surface area (Å²) >= 11 is 0. The smallest absolute Gasteiger partial charge is 0.222 e. The molecule has 1 aliphatic heterocycles. The summed E-state index contributed by atoms with van der Waals surface area (Å²) in [6.07, 6.45) is 2.30. The molecule has 0 aromatic rings. The maximum absolute atomic E-state index is 11.6. The molecule has 3 unspecified atom stereocenters. The first-order valence-corrected chi connectivity index (χ1v) is 8.13. The second-order valence-electron chi connectivity index (χ2n) is 5.94. The van der Waals surface area contributed by atoms with E-state index in [1.807, 2.05) is 0 Å². The van der Waals surface area contributed by atoms with E-state index in [2.05, 4.69) is 5.32 Å². The highest BCUT2D eigenvalue weighted by Crippen LogP contribution is 2.18. The van der Waals surface area contributed by atoms with Crippen molar-refractivity contribution in [3.05, 3.63) is 0 Å². The van der Waals surface area contributed by atoms with Crippen molar-refractivity contribution < 1.29 is 19.1 Å². The fraction of sp³-hybridized carbons (Fsp3) is 0.867. The molecule has 134 valence electrons. The van der Waals surface area contributed by atoms with E-state index >= 15 is 0 Å². The van der Waals surface area contributed by atoms with E-state index in [0.29, 0.717) is 26.1 Å². The van der Waals surface area contributed by atoms with E-state index in [1.165, 1.54) is 4.90 Å². The van der Waals surface area contributed by atoms with Gasteiger partial charge in [0.2, 0.25) is 11.8 Å². The zero-order chi connectivity index (χ0) is 17.2. The molecule has 5 N–H and O–H groups in total. The average molecular weight is 330 g/mol. The highest BCUT2D eigenvalue weighted by molar-refractivity contribution is 5.83. The molecule has 2 amide bonds. The fourth-order valence-corrected chi connectivity index (χ4v) is 2.28. The van der Waals surface area contributed by atoms with Gasteiger partial charge in [-0.15, -0.1) is 0 Å². The highest BCUT2D eigenvalue weighted by atomic mass is 16.7. The number of nitrogens with two attached hydrogens (primary N) is 2. The topological polar surface area (TPSA) is 120 Å². The van der Waals surface area contributed by atoms with Gasteiger partial charge in [0.25, 0.3) is 0 Å². The number of carbonyl (C=O) groups excluding carboxylic acids is 2. The van der Waals surface area contributed by atoms with Gasteiger partial charge in [0.05, 0.1) is 12.7 Å². The van der Waals surface area contributed by atoms with Gasteiger partial charge < -0.3 is 31.2 Å². The van der Waals surface area contributed by atoms with Crippen LogP contribution in [0.15, 0.2) is 0 Å². The minimum atomic E-state index is -0.267. The first kappa shape index (κ1) is 19.8. The maximum atomic E-state index is 11.6. The third kappa shape index (κ3) is 7.74. The largest absolute Gasteiger partial charge is 0.356 e. The molecule has 0 aliphatic carbocycles. The van der Waals surface area contributed by atoms with Gasteiger partial charge in [-0.05, 0) is 19.3 Å². The number of ether oxygens (including phenoxy) is 2. The van der Waals surface area contributed by atoms with E-state index in [1.54, 1.807) is 14.1 Å². The predicted molar refractivity (Wildman–Crippen MR) is 86.4 cm³/mol. The van der Waals surface area contributed by atoms with Crippen LogP contribution in [0.5, 0.6) is 0 Å². The van der Waals surface area contributed by atoms with Gasteiger partial charge in [0.15, 0.2) is 6.29 Å². The van der Waals surface area contributed by atoms with Crippen LogP contribution in [0.25, 0.3) is 0 Å². The Kier molecular flexibility index (Phi) is 9.08. The second-order valence-corrected chi connectivity index (χ2v) is 5.94. The van der Waals surface area contributed by atoms with Crippen LogP contribution in [0.1, 0.15) is 32.1 Å². The van der Waals surface area contributed by atoms with Crippen LogP contribution in [0.3, 0.4) is 0 Å². The predicted octanol–water partition coefficient (Wildman–Crippen LogP) is -0.831. The van der Waals surface area contributed by atoms with E-state index in [4.69, 9.17) is 20.9 Å². The van der Waals surface area contributed by atoms with Crippen LogP contribution in [0.2, 0.25) is 0 Å². The Morgan fingerprint density at radius 2 is 2.04 bits per heavy atom. The quantitative estimate of drug-likeness (QED) is 0.475. The van der Waals surface area contributed by atoms with E-state index in [9.17, 15) is 9.59 Å². The molecule has 0 bridgehead atoms. The lowest BCUT2D eigenvalue weighted by Crippen LogP contribution is -2.48. The SMILES string of the molecule is CN(C)C(=O)CCC(=O)NCCCOC1CCC(N)C(CN)O1. The van der Waals surface area contributed by atoms with Crippen LogP contribution >= 0.6 is 0 Å². The lowest BCUT2D eigenvalue weighted by atomic mass is 10.0. The van der Waals surface area contributed by atoms with Crippen molar-refractivity contribution in [2.45, 2.75) is 50.5 Å². The number of amides is 2. The summed E-state index contributed by atoms with van der Waals surface area (Å²) in [5, 5.41) is 2.77. The van der Waals surface area contributed by atoms with Crippen molar-refractivity contribution >= 4 is 11.8 Å². The third-order valence-electron chi connectivity index (χ3n) is 3.78.